The van der Waals surface area contributed by atoms with Crippen LogP contribution in [0.4, 0.5) is 0 Å². The SMILES string of the molecule is O=Cc1cc(Sc2ccccn2)c2n1CCCc1ccccc1-2. The van der Waals surface area contributed by atoms with Gasteiger partial charge in [-0.3, -0.25) is 4.79 Å². The van der Waals surface area contributed by atoms with Gasteiger partial charge in [0.1, 0.15) is 5.03 Å². The van der Waals surface area contributed by atoms with Gasteiger partial charge in [-0.2, -0.15) is 0 Å². The van der Waals surface area contributed by atoms with E-state index in [0.29, 0.717) is 0 Å². The number of benzene rings is 1. The van der Waals surface area contributed by atoms with Crippen LogP contribution in [0.2, 0.25) is 0 Å². The molecule has 4 heteroatoms. The van der Waals surface area contributed by atoms with Gasteiger partial charge in [-0.15, -0.1) is 0 Å². The molecule has 0 amide bonds. The number of fused-ring (bicyclic) bond motifs is 3. The van der Waals surface area contributed by atoms with Crippen molar-refractivity contribution < 1.29 is 4.79 Å². The van der Waals surface area contributed by atoms with Crippen LogP contribution in [0.15, 0.2) is 64.6 Å². The van der Waals surface area contributed by atoms with Crippen LogP contribution in [-0.2, 0) is 13.0 Å². The first kappa shape index (κ1) is 14.3. The molecule has 3 heterocycles. The summed E-state index contributed by atoms with van der Waals surface area (Å²) in [5.41, 5.74) is 4.48. The van der Waals surface area contributed by atoms with E-state index in [2.05, 4.69) is 33.8 Å². The molecule has 0 N–H and O–H groups in total. The molecule has 0 bridgehead atoms. The lowest BCUT2D eigenvalue weighted by Gasteiger charge is -2.11. The molecule has 0 atom stereocenters. The lowest BCUT2D eigenvalue weighted by molar-refractivity contribution is 0.111. The van der Waals surface area contributed by atoms with Crippen LogP contribution in [0.5, 0.6) is 0 Å². The summed E-state index contributed by atoms with van der Waals surface area (Å²) in [6.45, 7) is 0.876. The number of aryl methyl sites for hydroxylation is 1. The normalized spacial score (nSPS) is 13.0. The molecule has 0 saturated heterocycles. The lowest BCUT2D eigenvalue weighted by Crippen LogP contribution is -2.02. The summed E-state index contributed by atoms with van der Waals surface area (Å²) in [5, 5.41) is 0.945. The molecule has 0 aliphatic carbocycles. The van der Waals surface area contributed by atoms with Crippen molar-refractivity contribution in [1.29, 1.82) is 0 Å². The Hall–Kier alpha value is -2.33. The first-order valence-corrected chi connectivity index (χ1v) is 8.54. The Morgan fingerprint density at radius 2 is 2.00 bits per heavy atom. The monoisotopic (exact) mass is 320 g/mol. The maximum atomic E-state index is 11.5. The third kappa shape index (κ3) is 2.59. The van der Waals surface area contributed by atoms with Gasteiger partial charge in [0.2, 0.25) is 0 Å². The number of carbonyl (C=O) groups is 1. The molecule has 2 aromatic heterocycles. The summed E-state index contributed by atoms with van der Waals surface area (Å²) in [6.07, 6.45) is 4.85. The van der Waals surface area contributed by atoms with E-state index in [1.54, 1.807) is 18.0 Å². The summed E-state index contributed by atoms with van der Waals surface area (Å²) in [6, 6.07) is 16.4. The topological polar surface area (TPSA) is 34.9 Å². The number of nitrogens with zero attached hydrogens (tertiary/aromatic N) is 2. The van der Waals surface area contributed by atoms with E-state index in [0.717, 1.165) is 47.0 Å². The number of pyridine rings is 1. The minimum Gasteiger partial charge on any atom is -0.337 e. The molecule has 3 nitrogen and oxygen atoms in total. The van der Waals surface area contributed by atoms with E-state index < -0.39 is 0 Å². The largest absolute Gasteiger partial charge is 0.337 e. The number of carbonyl (C=O) groups excluding carboxylic acids is 1. The van der Waals surface area contributed by atoms with Crippen LogP contribution in [-0.4, -0.2) is 15.8 Å². The summed E-state index contributed by atoms with van der Waals surface area (Å²) >= 11 is 1.62. The predicted octanol–water partition coefficient (Wildman–Crippen LogP) is 4.46. The molecule has 0 spiro atoms. The molecule has 0 unspecified atom stereocenters. The summed E-state index contributed by atoms with van der Waals surface area (Å²) in [5.74, 6) is 0. The van der Waals surface area contributed by atoms with Crippen molar-refractivity contribution in [3.63, 3.8) is 0 Å². The van der Waals surface area contributed by atoms with Gasteiger partial charge in [0.25, 0.3) is 0 Å². The van der Waals surface area contributed by atoms with Gasteiger partial charge in [0.15, 0.2) is 6.29 Å². The van der Waals surface area contributed by atoms with Crippen LogP contribution < -0.4 is 0 Å². The van der Waals surface area contributed by atoms with Crippen LogP contribution in [0, 0.1) is 0 Å². The Morgan fingerprint density at radius 3 is 2.83 bits per heavy atom. The highest BCUT2D eigenvalue weighted by Crippen LogP contribution is 2.40. The smallest absolute Gasteiger partial charge is 0.166 e. The van der Waals surface area contributed by atoms with Crippen molar-refractivity contribution in [2.45, 2.75) is 29.3 Å². The van der Waals surface area contributed by atoms with Gasteiger partial charge in [0, 0.05) is 23.2 Å². The molecule has 0 saturated carbocycles. The first-order chi connectivity index (χ1) is 11.4. The van der Waals surface area contributed by atoms with E-state index in [1.807, 2.05) is 24.3 Å². The third-order valence-electron chi connectivity index (χ3n) is 4.17. The number of aldehydes is 1. The highest BCUT2D eigenvalue weighted by molar-refractivity contribution is 7.99. The predicted molar refractivity (Wildman–Crippen MR) is 91.9 cm³/mol. The summed E-state index contributed by atoms with van der Waals surface area (Å²) < 4.78 is 2.16. The van der Waals surface area contributed by atoms with Crippen molar-refractivity contribution >= 4 is 18.0 Å². The highest BCUT2D eigenvalue weighted by atomic mass is 32.2. The van der Waals surface area contributed by atoms with Gasteiger partial charge in [-0.25, -0.2) is 4.98 Å². The van der Waals surface area contributed by atoms with Gasteiger partial charge in [-0.05, 0) is 36.6 Å². The standard InChI is InChI=1S/C19H16N2OS/c22-13-15-12-17(23-18-9-3-4-10-20-18)19-16-8-2-1-6-14(16)7-5-11-21(15)19/h1-4,6,8-10,12-13H,5,7,11H2. The Balaban J connectivity index is 1.90. The van der Waals surface area contributed by atoms with Crippen molar-refractivity contribution in [1.82, 2.24) is 9.55 Å². The summed E-state index contributed by atoms with van der Waals surface area (Å²) in [7, 11) is 0. The Labute approximate surface area is 139 Å². The van der Waals surface area contributed by atoms with E-state index in [-0.39, 0.29) is 0 Å². The summed E-state index contributed by atoms with van der Waals surface area (Å²) in [4.78, 5) is 17.0. The lowest BCUT2D eigenvalue weighted by atomic mass is 10.0. The molecule has 1 aromatic carbocycles. The zero-order chi connectivity index (χ0) is 15.6. The van der Waals surface area contributed by atoms with Gasteiger partial charge >= 0.3 is 0 Å². The molecular weight excluding hydrogens is 304 g/mol. The van der Waals surface area contributed by atoms with E-state index in [9.17, 15) is 4.79 Å². The number of hydrogen-bond acceptors (Lipinski definition) is 3. The maximum absolute atomic E-state index is 11.5. The second-order valence-corrected chi connectivity index (χ2v) is 6.64. The molecular formula is C19H16N2OS. The fourth-order valence-electron chi connectivity index (χ4n) is 3.15. The fourth-order valence-corrected chi connectivity index (χ4v) is 4.14. The fraction of sp³-hybridized carbons (Fsp3) is 0.158. The van der Waals surface area contributed by atoms with Crippen LogP contribution >= 0.6 is 11.8 Å². The van der Waals surface area contributed by atoms with Crippen LogP contribution in [0.1, 0.15) is 22.5 Å². The molecule has 1 aliphatic rings. The number of rotatable bonds is 3. The number of hydrogen-bond donors (Lipinski definition) is 0. The average molecular weight is 320 g/mol. The van der Waals surface area contributed by atoms with E-state index in [4.69, 9.17) is 0 Å². The minimum atomic E-state index is 0.745. The zero-order valence-corrected chi connectivity index (χ0v) is 13.4. The van der Waals surface area contributed by atoms with E-state index in [1.165, 1.54) is 11.1 Å². The minimum absolute atomic E-state index is 0.745. The Bertz CT molecular complexity index is 855. The quantitative estimate of drug-likeness (QED) is 0.668. The average Bonchev–Trinajstić information content (AvgIpc) is 2.82. The molecule has 23 heavy (non-hydrogen) atoms. The molecule has 0 fully saturated rings. The van der Waals surface area contributed by atoms with Crippen molar-refractivity contribution in [3.8, 4) is 11.3 Å². The van der Waals surface area contributed by atoms with Crippen molar-refractivity contribution in [2.75, 3.05) is 0 Å². The molecule has 114 valence electrons. The molecule has 4 rings (SSSR count). The van der Waals surface area contributed by atoms with Gasteiger partial charge in [-0.1, -0.05) is 42.1 Å². The van der Waals surface area contributed by atoms with Gasteiger partial charge < -0.3 is 4.57 Å². The Morgan fingerprint density at radius 1 is 1.13 bits per heavy atom. The molecule has 0 radical (unpaired) electrons. The molecule has 3 aromatic rings. The molecule has 1 aliphatic heterocycles. The van der Waals surface area contributed by atoms with Crippen LogP contribution in [0.25, 0.3) is 11.3 Å². The van der Waals surface area contributed by atoms with Crippen LogP contribution in [0.3, 0.4) is 0 Å². The second-order valence-electron chi connectivity index (χ2n) is 5.58. The third-order valence-corrected chi connectivity index (χ3v) is 5.15. The number of aromatic nitrogens is 2. The maximum Gasteiger partial charge on any atom is 0.166 e. The van der Waals surface area contributed by atoms with Crippen molar-refractivity contribution in [3.05, 3.63) is 66.0 Å². The second kappa shape index (κ2) is 6.05. The highest BCUT2D eigenvalue weighted by Gasteiger charge is 2.21. The first-order valence-electron chi connectivity index (χ1n) is 7.72. The Kier molecular flexibility index (Phi) is 3.75. The van der Waals surface area contributed by atoms with Crippen molar-refractivity contribution in [2.24, 2.45) is 0 Å². The van der Waals surface area contributed by atoms with Gasteiger partial charge in [0.05, 0.1) is 11.4 Å². The zero-order valence-electron chi connectivity index (χ0n) is 12.6. The van der Waals surface area contributed by atoms with E-state index >= 15 is 0 Å².